The van der Waals surface area contributed by atoms with Crippen LogP contribution in [0.2, 0.25) is 5.15 Å². The second-order valence-electron chi connectivity index (χ2n) is 8.58. The number of hydrogen-bond acceptors (Lipinski definition) is 7. The van der Waals surface area contributed by atoms with Gasteiger partial charge in [0, 0.05) is 9.77 Å². The molecule has 0 bridgehead atoms. The predicted molar refractivity (Wildman–Crippen MR) is 141 cm³/mol. The zero-order valence-electron chi connectivity index (χ0n) is 19.4. The molecule has 8 nitrogen and oxygen atoms in total. The molecule has 0 N–H and O–H groups in total. The molecule has 0 amide bonds. The second-order valence-corrected chi connectivity index (χ2v) is 10.1. The van der Waals surface area contributed by atoms with Gasteiger partial charge in [0.25, 0.3) is 0 Å². The maximum absolute atomic E-state index is 16.6. The molecule has 0 unspecified atom stereocenters. The number of carbonyl (C=O) groups excluding carboxylic acids is 2. The molecule has 2 aromatic carbocycles. The summed E-state index contributed by atoms with van der Waals surface area (Å²) >= 11 is 8.31. The minimum Gasteiger partial charge on any atom is -0.459 e. The Labute approximate surface area is 229 Å². The molecule has 4 aromatic rings. The van der Waals surface area contributed by atoms with Crippen molar-refractivity contribution >= 4 is 57.2 Å². The fraction of sp³-hybridized carbons (Fsp3) is 0.231. The van der Waals surface area contributed by atoms with Crippen LogP contribution < -0.4 is 0 Å². The smallest absolute Gasteiger partial charge is 0.338 e. The van der Waals surface area contributed by atoms with Gasteiger partial charge in [0.15, 0.2) is 18.0 Å². The Kier molecular flexibility index (Phi) is 7.15. The number of esters is 2. The molecule has 0 spiro atoms. The number of hydrogen-bond donors (Lipinski definition) is 0. The number of fused-ring (bicyclic) bond motifs is 1. The largest absolute Gasteiger partial charge is 0.459 e. The third-order valence-corrected chi connectivity index (χ3v) is 7.19. The van der Waals surface area contributed by atoms with Crippen molar-refractivity contribution in [3.05, 3.63) is 93.0 Å². The summed E-state index contributed by atoms with van der Waals surface area (Å²) in [5, 5.41) is 0.757. The van der Waals surface area contributed by atoms with Crippen molar-refractivity contribution in [1.29, 1.82) is 0 Å². The standard InChI is InChI=1S/C26H20ClFIN3O5/c1-26(28)20(37-24(34)16-10-6-3-7-11-16)18(13-35-23(33)15-8-4-2-5-9-15)36-25(26)32-12-17(29)19-21(27)30-14-31-22(19)32/h2-12,14,18,20,25H,13H2,1H3/t18-,20-,25-,26-/m1/s1. The van der Waals surface area contributed by atoms with Crippen LogP contribution in [0.5, 0.6) is 0 Å². The Morgan fingerprint density at radius 2 is 1.70 bits per heavy atom. The zero-order chi connectivity index (χ0) is 26.2. The molecule has 1 fully saturated rings. The summed E-state index contributed by atoms with van der Waals surface area (Å²) in [5.74, 6) is -1.34. The fourth-order valence-corrected chi connectivity index (χ4v) is 5.47. The quantitative estimate of drug-likeness (QED) is 0.159. The van der Waals surface area contributed by atoms with Crippen LogP contribution in [0.4, 0.5) is 4.39 Å². The van der Waals surface area contributed by atoms with E-state index in [-0.39, 0.29) is 17.3 Å². The van der Waals surface area contributed by atoms with Gasteiger partial charge in [-0.15, -0.1) is 0 Å². The first-order valence-electron chi connectivity index (χ1n) is 11.3. The number of nitrogens with zero attached hydrogens (tertiary/aromatic N) is 3. The zero-order valence-corrected chi connectivity index (χ0v) is 22.3. The summed E-state index contributed by atoms with van der Waals surface area (Å²) in [4.78, 5) is 33.7. The van der Waals surface area contributed by atoms with E-state index in [1.807, 2.05) is 0 Å². The van der Waals surface area contributed by atoms with Crippen LogP contribution in [0.1, 0.15) is 33.9 Å². The number of ether oxygens (including phenoxy) is 3. The highest BCUT2D eigenvalue weighted by Crippen LogP contribution is 2.45. The maximum atomic E-state index is 16.6. The third-order valence-electron chi connectivity index (χ3n) is 6.08. The summed E-state index contributed by atoms with van der Waals surface area (Å²) < 4.78 is 36.0. The number of alkyl halides is 1. The summed E-state index contributed by atoms with van der Waals surface area (Å²) in [6, 6.07) is 16.6. The highest BCUT2D eigenvalue weighted by molar-refractivity contribution is 14.1. The summed E-state index contributed by atoms with van der Waals surface area (Å²) in [6.45, 7) is 0.934. The number of carbonyl (C=O) groups is 2. The van der Waals surface area contributed by atoms with E-state index >= 15 is 4.39 Å². The molecule has 190 valence electrons. The van der Waals surface area contributed by atoms with Gasteiger partial charge in [-0.25, -0.2) is 23.9 Å². The number of halogens is 3. The summed E-state index contributed by atoms with van der Waals surface area (Å²) in [5.41, 5.74) is -1.30. The minimum atomic E-state index is -2.24. The predicted octanol–water partition coefficient (Wildman–Crippen LogP) is 5.40. The van der Waals surface area contributed by atoms with Gasteiger partial charge in [0.1, 0.15) is 29.8 Å². The van der Waals surface area contributed by atoms with Gasteiger partial charge >= 0.3 is 11.9 Å². The first-order chi connectivity index (χ1) is 17.8. The van der Waals surface area contributed by atoms with Crippen LogP contribution in [-0.2, 0) is 14.2 Å². The van der Waals surface area contributed by atoms with Crippen molar-refractivity contribution in [2.75, 3.05) is 6.61 Å². The highest BCUT2D eigenvalue weighted by atomic mass is 127. The summed E-state index contributed by atoms with van der Waals surface area (Å²) in [7, 11) is 0. The van der Waals surface area contributed by atoms with Gasteiger partial charge in [-0.3, -0.25) is 0 Å². The van der Waals surface area contributed by atoms with Crippen LogP contribution in [0.15, 0.2) is 73.2 Å². The molecular formula is C26H20ClFIN3O5. The first kappa shape index (κ1) is 25.6. The van der Waals surface area contributed by atoms with E-state index in [1.54, 1.807) is 66.9 Å². The highest BCUT2D eigenvalue weighted by Gasteiger charge is 2.58. The molecule has 1 aliphatic rings. The van der Waals surface area contributed by atoms with E-state index in [1.165, 1.54) is 17.8 Å². The third kappa shape index (κ3) is 4.92. The molecule has 1 aliphatic heterocycles. The maximum Gasteiger partial charge on any atom is 0.338 e. The van der Waals surface area contributed by atoms with Gasteiger partial charge in [0.05, 0.1) is 16.5 Å². The van der Waals surface area contributed by atoms with Crippen LogP contribution in [0.25, 0.3) is 11.0 Å². The van der Waals surface area contributed by atoms with Crippen molar-refractivity contribution in [2.45, 2.75) is 31.0 Å². The van der Waals surface area contributed by atoms with Crippen LogP contribution in [-0.4, -0.2) is 51.0 Å². The van der Waals surface area contributed by atoms with Crippen LogP contribution in [0, 0.1) is 3.57 Å². The van der Waals surface area contributed by atoms with Crippen molar-refractivity contribution in [1.82, 2.24) is 14.5 Å². The Morgan fingerprint density at radius 3 is 2.35 bits per heavy atom. The second kappa shape index (κ2) is 10.3. The van der Waals surface area contributed by atoms with Crippen molar-refractivity contribution in [3.63, 3.8) is 0 Å². The van der Waals surface area contributed by atoms with Crippen LogP contribution >= 0.6 is 34.2 Å². The molecule has 0 radical (unpaired) electrons. The van der Waals surface area contributed by atoms with Crippen molar-refractivity contribution in [2.24, 2.45) is 0 Å². The average Bonchev–Trinajstić information content (AvgIpc) is 3.37. The molecule has 0 aliphatic carbocycles. The minimum absolute atomic E-state index is 0.215. The number of rotatable bonds is 6. The molecular weight excluding hydrogens is 616 g/mol. The van der Waals surface area contributed by atoms with E-state index in [2.05, 4.69) is 32.6 Å². The number of aromatic nitrogens is 3. The molecule has 3 heterocycles. The first-order valence-corrected chi connectivity index (χ1v) is 12.7. The van der Waals surface area contributed by atoms with Crippen molar-refractivity contribution < 1.29 is 28.2 Å². The molecule has 5 rings (SSSR count). The van der Waals surface area contributed by atoms with Gasteiger partial charge in [-0.2, -0.15) is 0 Å². The Hall–Kier alpha value is -3.09. The molecule has 2 aromatic heterocycles. The molecule has 37 heavy (non-hydrogen) atoms. The van der Waals surface area contributed by atoms with Gasteiger partial charge in [-0.05, 0) is 53.8 Å². The molecule has 1 saturated heterocycles. The van der Waals surface area contributed by atoms with Gasteiger partial charge in [-0.1, -0.05) is 48.0 Å². The van der Waals surface area contributed by atoms with E-state index in [0.717, 1.165) is 0 Å². The van der Waals surface area contributed by atoms with Crippen molar-refractivity contribution in [3.8, 4) is 0 Å². The van der Waals surface area contributed by atoms with E-state index in [4.69, 9.17) is 25.8 Å². The lowest BCUT2D eigenvalue weighted by molar-refractivity contribution is -0.0609. The summed E-state index contributed by atoms with van der Waals surface area (Å²) in [6.07, 6.45) is -0.858. The van der Waals surface area contributed by atoms with Gasteiger partial charge < -0.3 is 18.8 Å². The Morgan fingerprint density at radius 1 is 1.08 bits per heavy atom. The molecule has 4 atom stereocenters. The normalized spacial score (nSPS) is 23.2. The van der Waals surface area contributed by atoms with Crippen LogP contribution in [0.3, 0.4) is 0 Å². The average molecular weight is 636 g/mol. The number of benzene rings is 2. The lowest BCUT2D eigenvalue weighted by Gasteiger charge is -2.28. The van der Waals surface area contributed by atoms with E-state index in [9.17, 15) is 9.59 Å². The van der Waals surface area contributed by atoms with E-state index in [0.29, 0.717) is 20.2 Å². The lowest BCUT2D eigenvalue weighted by Crippen LogP contribution is -2.44. The fourth-order valence-electron chi connectivity index (χ4n) is 4.29. The Bertz CT molecular complexity index is 1450. The SMILES string of the molecule is C[C@@]1(F)[C@H](OC(=O)c2ccccc2)[C@@H](COC(=O)c2ccccc2)O[C@H]1n1cc(I)c2c(Cl)ncnc21. The molecule has 0 saturated carbocycles. The lowest BCUT2D eigenvalue weighted by atomic mass is 9.98. The topological polar surface area (TPSA) is 92.5 Å². The molecule has 11 heteroatoms. The van der Waals surface area contributed by atoms with Gasteiger partial charge in [0.2, 0.25) is 0 Å². The van der Waals surface area contributed by atoms with E-state index < -0.39 is 36.0 Å². The Balaban J connectivity index is 1.47. The monoisotopic (exact) mass is 635 g/mol.